The van der Waals surface area contributed by atoms with Crippen LogP contribution in [0.25, 0.3) is 4.96 Å². The number of likely N-dealkylation sites (N-methyl/N-ethyl adjacent to an activating group) is 1. The van der Waals surface area contributed by atoms with Gasteiger partial charge < -0.3 is 10.2 Å². The van der Waals surface area contributed by atoms with Crippen LogP contribution in [0.5, 0.6) is 0 Å². The number of hydrogen-bond donors (Lipinski definition) is 1. The van der Waals surface area contributed by atoms with Gasteiger partial charge >= 0.3 is 0 Å². The number of hydrogen-bond acceptors (Lipinski definition) is 5. The van der Waals surface area contributed by atoms with E-state index in [2.05, 4.69) is 15.2 Å². The van der Waals surface area contributed by atoms with Gasteiger partial charge in [0.15, 0.2) is 4.96 Å². The fraction of sp³-hybridized carbons (Fsp3) is 0.588. The molecule has 2 fully saturated rings. The second kappa shape index (κ2) is 6.42. The normalized spacial score (nSPS) is 21.5. The third-order valence-electron chi connectivity index (χ3n) is 5.53. The Morgan fingerprint density at radius 1 is 1.36 bits per heavy atom. The van der Waals surface area contributed by atoms with E-state index in [1.807, 2.05) is 34.1 Å². The van der Waals surface area contributed by atoms with Gasteiger partial charge in [0.2, 0.25) is 11.8 Å². The van der Waals surface area contributed by atoms with Gasteiger partial charge in [0, 0.05) is 44.0 Å². The summed E-state index contributed by atoms with van der Waals surface area (Å²) in [5.74, 6) is 0.214. The zero-order valence-electron chi connectivity index (χ0n) is 14.4. The summed E-state index contributed by atoms with van der Waals surface area (Å²) >= 11 is 1.56. The molecule has 2 saturated heterocycles. The lowest BCUT2D eigenvalue weighted by atomic mass is 9.85. The molecule has 2 aromatic rings. The molecule has 2 aliphatic rings. The summed E-state index contributed by atoms with van der Waals surface area (Å²) in [6, 6.07) is 0. The minimum absolute atomic E-state index is 0.0947. The van der Waals surface area contributed by atoms with Crippen molar-refractivity contribution in [2.75, 3.05) is 33.2 Å². The number of piperidine rings is 1. The SMILES string of the molecule is CN1CCCNC(=O)C12CCN(C(=O)Cc1cn3ccsc3n1)CC2. The number of likely N-dealkylation sites (tertiary alicyclic amines) is 1. The van der Waals surface area contributed by atoms with Crippen LogP contribution < -0.4 is 5.32 Å². The van der Waals surface area contributed by atoms with Gasteiger partial charge in [-0.1, -0.05) is 0 Å². The van der Waals surface area contributed by atoms with E-state index in [1.54, 1.807) is 11.3 Å². The molecule has 8 heteroatoms. The van der Waals surface area contributed by atoms with Gasteiger partial charge in [-0.3, -0.25) is 18.9 Å². The number of carbonyl (C=O) groups is 2. The van der Waals surface area contributed by atoms with E-state index in [9.17, 15) is 9.59 Å². The van der Waals surface area contributed by atoms with Crippen molar-refractivity contribution in [1.82, 2.24) is 24.5 Å². The number of nitrogens with zero attached hydrogens (tertiary/aromatic N) is 4. The van der Waals surface area contributed by atoms with Crippen molar-refractivity contribution in [1.29, 1.82) is 0 Å². The molecule has 0 radical (unpaired) electrons. The van der Waals surface area contributed by atoms with Gasteiger partial charge in [-0.05, 0) is 26.3 Å². The highest BCUT2D eigenvalue weighted by Gasteiger charge is 2.46. The van der Waals surface area contributed by atoms with E-state index in [0.29, 0.717) is 32.4 Å². The van der Waals surface area contributed by atoms with E-state index in [1.165, 1.54) is 0 Å². The van der Waals surface area contributed by atoms with E-state index in [4.69, 9.17) is 0 Å². The molecule has 4 rings (SSSR count). The van der Waals surface area contributed by atoms with Gasteiger partial charge in [-0.25, -0.2) is 4.98 Å². The fourth-order valence-corrected chi connectivity index (χ4v) is 4.65. The first-order chi connectivity index (χ1) is 12.1. The van der Waals surface area contributed by atoms with Crippen LogP contribution in [-0.4, -0.2) is 69.8 Å². The molecule has 1 spiro atoms. The Kier molecular flexibility index (Phi) is 4.24. The predicted molar refractivity (Wildman–Crippen MR) is 95.6 cm³/mol. The zero-order chi connectivity index (χ0) is 17.4. The molecule has 0 aromatic carbocycles. The second-order valence-electron chi connectivity index (χ2n) is 6.95. The first-order valence-electron chi connectivity index (χ1n) is 8.77. The lowest BCUT2D eigenvalue weighted by molar-refractivity contribution is -0.141. The smallest absolute Gasteiger partial charge is 0.240 e. The van der Waals surface area contributed by atoms with Crippen LogP contribution >= 0.6 is 11.3 Å². The Bertz CT molecular complexity index is 761. The molecule has 2 aromatic heterocycles. The fourth-order valence-electron chi connectivity index (χ4n) is 3.93. The van der Waals surface area contributed by atoms with E-state index < -0.39 is 5.54 Å². The van der Waals surface area contributed by atoms with Crippen molar-refractivity contribution in [3.05, 3.63) is 23.5 Å². The molecule has 25 heavy (non-hydrogen) atoms. The lowest BCUT2D eigenvalue weighted by Gasteiger charge is -2.44. The minimum Gasteiger partial charge on any atom is -0.354 e. The van der Waals surface area contributed by atoms with Crippen molar-refractivity contribution in [3.8, 4) is 0 Å². The summed E-state index contributed by atoms with van der Waals surface area (Å²) in [4.78, 5) is 34.7. The van der Waals surface area contributed by atoms with Crippen LogP contribution in [0, 0.1) is 0 Å². The van der Waals surface area contributed by atoms with Crippen LogP contribution in [-0.2, 0) is 16.0 Å². The van der Waals surface area contributed by atoms with E-state index >= 15 is 0 Å². The highest BCUT2D eigenvalue weighted by molar-refractivity contribution is 7.15. The molecule has 0 saturated carbocycles. The van der Waals surface area contributed by atoms with Crippen LogP contribution in [0.1, 0.15) is 25.0 Å². The van der Waals surface area contributed by atoms with E-state index in [-0.39, 0.29) is 11.8 Å². The van der Waals surface area contributed by atoms with Crippen LogP contribution in [0.3, 0.4) is 0 Å². The Morgan fingerprint density at radius 2 is 2.16 bits per heavy atom. The molecule has 0 atom stereocenters. The molecular weight excluding hydrogens is 338 g/mol. The Labute approximate surface area is 150 Å². The molecule has 2 amide bonds. The van der Waals surface area contributed by atoms with Gasteiger partial charge in [0.05, 0.1) is 12.1 Å². The highest BCUT2D eigenvalue weighted by Crippen LogP contribution is 2.30. The summed E-state index contributed by atoms with van der Waals surface area (Å²) in [6.07, 6.45) is 6.56. The Hall–Kier alpha value is -1.93. The number of carbonyl (C=O) groups excluding carboxylic acids is 2. The lowest BCUT2D eigenvalue weighted by Crippen LogP contribution is -2.61. The third-order valence-corrected chi connectivity index (χ3v) is 6.30. The Balaban J connectivity index is 1.41. The molecular formula is C17H23N5O2S. The predicted octanol–water partition coefficient (Wildman–Crippen LogP) is 0.751. The number of imidazole rings is 1. The molecule has 4 heterocycles. The molecule has 134 valence electrons. The molecule has 0 aliphatic carbocycles. The number of fused-ring (bicyclic) bond motifs is 1. The molecule has 2 aliphatic heterocycles. The van der Waals surface area contributed by atoms with Crippen LogP contribution in [0.15, 0.2) is 17.8 Å². The highest BCUT2D eigenvalue weighted by atomic mass is 32.1. The zero-order valence-corrected chi connectivity index (χ0v) is 15.2. The molecule has 0 unspecified atom stereocenters. The number of aromatic nitrogens is 2. The molecule has 1 N–H and O–H groups in total. The van der Waals surface area contributed by atoms with Crippen molar-refractivity contribution in [2.24, 2.45) is 0 Å². The molecule has 7 nitrogen and oxygen atoms in total. The summed E-state index contributed by atoms with van der Waals surface area (Å²) in [5, 5.41) is 5.01. The summed E-state index contributed by atoms with van der Waals surface area (Å²) in [6.45, 7) is 2.90. The minimum atomic E-state index is -0.454. The van der Waals surface area contributed by atoms with Gasteiger partial charge in [-0.2, -0.15) is 0 Å². The maximum atomic E-state index is 12.6. The van der Waals surface area contributed by atoms with Crippen LogP contribution in [0.2, 0.25) is 0 Å². The number of amides is 2. The van der Waals surface area contributed by atoms with Crippen molar-refractivity contribution >= 4 is 28.1 Å². The van der Waals surface area contributed by atoms with Gasteiger partial charge in [0.1, 0.15) is 5.54 Å². The van der Waals surface area contributed by atoms with Crippen LogP contribution in [0.4, 0.5) is 0 Å². The average Bonchev–Trinajstić information content (AvgIpc) is 3.16. The van der Waals surface area contributed by atoms with Gasteiger partial charge in [-0.15, -0.1) is 11.3 Å². The Morgan fingerprint density at radius 3 is 2.92 bits per heavy atom. The number of thiazole rings is 1. The standard InChI is InChI=1S/C17H23N5O2S/c1-20-6-2-5-18-15(24)17(20)3-7-21(8-4-17)14(23)11-13-12-22-9-10-25-16(22)19-13/h9-10,12H,2-8,11H2,1H3,(H,18,24). The van der Waals surface area contributed by atoms with Gasteiger partial charge in [0.25, 0.3) is 0 Å². The third kappa shape index (κ3) is 2.93. The van der Waals surface area contributed by atoms with E-state index in [0.717, 1.165) is 30.2 Å². The second-order valence-corrected chi connectivity index (χ2v) is 7.82. The monoisotopic (exact) mass is 361 g/mol. The number of nitrogens with one attached hydrogen (secondary N) is 1. The maximum absolute atomic E-state index is 12.6. The first-order valence-corrected chi connectivity index (χ1v) is 9.65. The van der Waals surface area contributed by atoms with Crippen molar-refractivity contribution in [2.45, 2.75) is 31.2 Å². The van der Waals surface area contributed by atoms with Crippen molar-refractivity contribution in [3.63, 3.8) is 0 Å². The maximum Gasteiger partial charge on any atom is 0.240 e. The number of rotatable bonds is 2. The quantitative estimate of drug-likeness (QED) is 0.857. The first kappa shape index (κ1) is 16.5. The average molecular weight is 361 g/mol. The largest absolute Gasteiger partial charge is 0.354 e. The van der Waals surface area contributed by atoms with Crippen molar-refractivity contribution < 1.29 is 9.59 Å². The summed E-state index contributed by atoms with van der Waals surface area (Å²) < 4.78 is 1.95. The summed E-state index contributed by atoms with van der Waals surface area (Å²) in [7, 11) is 2.03. The summed E-state index contributed by atoms with van der Waals surface area (Å²) in [5.41, 5.74) is 0.353. The molecule has 0 bridgehead atoms. The topological polar surface area (TPSA) is 70.0 Å².